The van der Waals surface area contributed by atoms with E-state index in [4.69, 9.17) is 0 Å². The van der Waals surface area contributed by atoms with Crippen molar-refractivity contribution in [3.63, 3.8) is 0 Å². The monoisotopic (exact) mass is 297 g/mol. The molecule has 6 nitrogen and oxygen atoms in total. The van der Waals surface area contributed by atoms with Gasteiger partial charge in [-0.2, -0.15) is 0 Å². The van der Waals surface area contributed by atoms with Crippen LogP contribution in [0.4, 0.5) is 5.69 Å². The Morgan fingerprint density at radius 3 is 2.45 bits per heavy atom. The molecule has 7 heteroatoms. The zero-order valence-electron chi connectivity index (χ0n) is 10.8. The molecule has 1 heterocycles. The van der Waals surface area contributed by atoms with Crippen LogP contribution in [-0.4, -0.2) is 30.1 Å². The molecule has 1 aromatic rings. The molecule has 1 unspecified atom stereocenters. The highest BCUT2D eigenvalue weighted by molar-refractivity contribution is 7.92. The largest absolute Gasteiger partial charge is 0.298 e. The lowest BCUT2D eigenvalue weighted by molar-refractivity contribution is -0.384. The average Bonchev–Trinajstić information content (AvgIpc) is 2.38. The Kier molecular flexibility index (Phi) is 4.17. The number of sulfone groups is 1. The van der Waals surface area contributed by atoms with Crippen LogP contribution in [-0.2, 0) is 21.1 Å². The maximum Gasteiger partial charge on any atom is 0.269 e. The van der Waals surface area contributed by atoms with Crippen molar-refractivity contribution in [2.45, 2.75) is 30.9 Å². The Labute approximate surface area is 116 Å². The standard InChI is InChI=1S/C13H15NO5S/c15-12(13-3-1-2-8-20(13,18)19)9-10-4-6-11(7-5-10)14(16)17/h4-7,13H,1-3,8-9H2. The molecule has 0 spiro atoms. The number of nitro groups is 1. The van der Waals surface area contributed by atoms with Gasteiger partial charge < -0.3 is 0 Å². The van der Waals surface area contributed by atoms with E-state index in [9.17, 15) is 23.3 Å². The van der Waals surface area contributed by atoms with E-state index in [-0.39, 0.29) is 23.6 Å². The van der Waals surface area contributed by atoms with Gasteiger partial charge in [0.1, 0.15) is 5.25 Å². The summed E-state index contributed by atoms with van der Waals surface area (Å²) in [6, 6.07) is 5.62. The van der Waals surface area contributed by atoms with Crippen molar-refractivity contribution >= 4 is 21.3 Å². The second kappa shape index (κ2) is 5.70. The summed E-state index contributed by atoms with van der Waals surface area (Å²) in [6.45, 7) is 0. The van der Waals surface area contributed by atoms with Gasteiger partial charge in [-0.05, 0) is 18.4 Å². The average molecular weight is 297 g/mol. The maximum absolute atomic E-state index is 12.1. The summed E-state index contributed by atoms with van der Waals surface area (Å²) in [5, 5.41) is 9.62. The second-order valence-electron chi connectivity index (χ2n) is 4.92. The molecule has 0 aliphatic carbocycles. The Morgan fingerprint density at radius 1 is 1.25 bits per heavy atom. The highest BCUT2D eigenvalue weighted by Gasteiger charge is 2.34. The van der Waals surface area contributed by atoms with Crippen molar-refractivity contribution in [3.05, 3.63) is 39.9 Å². The van der Waals surface area contributed by atoms with Gasteiger partial charge in [0.15, 0.2) is 15.6 Å². The van der Waals surface area contributed by atoms with Gasteiger partial charge in [-0.15, -0.1) is 0 Å². The van der Waals surface area contributed by atoms with Crippen molar-refractivity contribution in [2.75, 3.05) is 5.75 Å². The number of non-ortho nitro benzene ring substituents is 1. The van der Waals surface area contributed by atoms with Gasteiger partial charge in [0.2, 0.25) is 0 Å². The van der Waals surface area contributed by atoms with E-state index in [1.807, 2.05) is 0 Å². The zero-order chi connectivity index (χ0) is 14.8. The number of carbonyl (C=O) groups excluding carboxylic acids is 1. The van der Waals surface area contributed by atoms with Crippen LogP contribution in [0, 0.1) is 10.1 Å². The topological polar surface area (TPSA) is 94.3 Å². The smallest absolute Gasteiger partial charge is 0.269 e. The Balaban J connectivity index is 2.09. The van der Waals surface area contributed by atoms with E-state index in [0.717, 1.165) is 6.42 Å². The highest BCUT2D eigenvalue weighted by atomic mass is 32.2. The van der Waals surface area contributed by atoms with Crippen LogP contribution in [0.1, 0.15) is 24.8 Å². The van der Waals surface area contributed by atoms with Crippen molar-refractivity contribution in [1.82, 2.24) is 0 Å². The fraction of sp³-hybridized carbons (Fsp3) is 0.462. The number of rotatable bonds is 4. The lowest BCUT2D eigenvalue weighted by Gasteiger charge is -2.20. The van der Waals surface area contributed by atoms with Gasteiger partial charge in [0.25, 0.3) is 5.69 Å². The molecule has 1 aromatic carbocycles. The van der Waals surface area contributed by atoms with E-state index in [2.05, 4.69) is 0 Å². The number of nitro benzene ring substituents is 1. The predicted molar refractivity (Wildman–Crippen MR) is 73.2 cm³/mol. The van der Waals surface area contributed by atoms with Crippen molar-refractivity contribution in [3.8, 4) is 0 Å². The quantitative estimate of drug-likeness (QED) is 0.622. The van der Waals surface area contributed by atoms with Crippen LogP contribution in [0.15, 0.2) is 24.3 Å². The van der Waals surface area contributed by atoms with Crippen molar-refractivity contribution < 1.29 is 18.1 Å². The third-order valence-corrected chi connectivity index (χ3v) is 5.69. The van der Waals surface area contributed by atoms with Crippen LogP contribution < -0.4 is 0 Å². The second-order valence-corrected chi connectivity index (χ2v) is 7.22. The number of nitrogens with zero attached hydrogens (tertiary/aromatic N) is 1. The Morgan fingerprint density at radius 2 is 1.90 bits per heavy atom. The fourth-order valence-corrected chi connectivity index (χ4v) is 4.27. The Hall–Kier alpha value is -1.76. The molecular formula is C13H15NO5S. The van der Waals surface area contributed by atoms with Gasteiger partial charge in [-0.25, -0.2) is 8.42 Å². The number of hydrogen-bond donors (Lipinski definition) is 0. The number of Topliss-reactive ketones (excluding diaryl/α,β-unsaturated/α-hetero) is 1. The molecule has 0 bridgehead atoms. The van der Waals surface area contributed by atoms with Gasteiger partial charge >= 0.3 is 0 Å². The molecule has 108 valence electrons. The molecule has 20 heavy (non-hydrogen) atoms. The summed E-state index contributed by atoms with van der Waals surface area (Å²) in [5.41, 5.74) is 0.549. The van der Waals surface area contributed by atoms with Gasteiger partial charge in [0.05, 0.1) is 10.7 Å². The van der Waals surface area contributed by atoms with E-state index >= 15 is 0 Å². The summed E-state index contributed by atoms with van der Waals surface area (Å²) < 4.78 is 23.7. The van der Waals surface area contributed by atoms with Gasteiger partial charge in [-0.3, -0.25) is 14.9 Å². The van der Waals surface area contributed by atoms with Crippen LogP contribution >= 0.6 is 0 Å². The van der Waals surface area contributed by atoms with Crippen LogP contribution in [0.25, 0.3) is 0 Å². The molecule has 1 aliphatic heterocycles. The maximum atomic E-state index is 12.1. The first-order valence-electron chi connectivity index (χ1n) is 6.38. The molecule has 1 fully saturated rings. The number of hydrogen-bond acceptors (Lipinski definition) is 5. The minimum absolute atomic E-state index is 0.00188. The molecule has 2 rings (SSSR count). The third-order valence-electron chi connectivity index (χ3n) is 3.46. The molecular weight excluding hydrogens is 282 g/mol. The SMILES string of the molecule is O=C(Cc1ccc([N+](=O)[O-])cc1)C1CCCCS1(=O)=O. The number of benzene rings is 1. The summed E-state index contributed by atoms with van der Waals surface area (Å²) in [5.74, 6) is -0.248. The van der Waals surface area contributed by atoms with Crippen LogP contribution in [0.3, 0.4) is 0 Å². The molecule has 0 aromatic heterocycles. The summed E-state index contributed by atoms with van der Waals surface area (Å²) in [7, 11) is -3.32. The molecule has 0 N–H and O–H groups in total. The lowest BCUT2D eigenvalue weighted by atomic mass is 10.0. The molecule has 1 atom stereocenters. The molecule has 1 saturated heterocycles. The minimum Gasteiger partial charge on any atom is -0.298 e. The lowest BCUT2D eigenvalue weighted by Crippen LogP contribution is -2.36. The number of carbonyl (C=O) groups is 1. The first kappa shape index (κ1) is 14.6. The van der Waals surface area contributed by atoms with Crippen LogP contribution in [0.5, 0.6) is 0 Å². The third kappa shape index (κ3) is 3.22. The first-order chi connectivity index (χ1) is 9.40. The van der Waals surface area contributed by atoms with Crippen molar-refractivity contribution in [1.29, 1.82) is 0 Å². The molecule has 0 saturated carbocycles. The van der Waals surface area contributed by atoms with Crippen molar-refractivity contribution in [2.24, 2.45) is 0 Å². The van der Waals surface area contributed by atoms with E-state index in [0.29, 0.717) is 18.4 Å². The van der Waals surface area contributed by atoms with Crippen LogP contribution in [0.2, 0.25) is 0 Å². The zero-order valence-corrected chi connectivity index (χ0v) is 11.6. The summed E-state index contributed by atoms with van der Waals surface area (Å²) in [4.78, 5) is 22.1. The first-order valence-corrected chi connectivity index (χ1v) is 8.09. The molecule has 1 aliphatic rings. The Bertz CT molecular complexity index is 621. The molecule has 0 amide bonds. The van der Waals surface area contributed by atoms with Gasteiger partial charge in [0, 0.05) is 18.6 Å². The highest BCUT2D eigenvalue weighted by Crippen LogP contribution is 2.22. The number of ketones is 1. The summed E-state index contributed by atoms with van der Waals surface area (Å²) in [6.07, 6.45) is 1.75. The molecule has 0 radical (unpaired) electrons. The normalized spacial score (nSPS) is 21.3. The van der Waals surface area contributed by atoms with Gasteiger partial charge in [-0.1, -0.05) is 18.6 Å². The predicted octanol–water partition coefficient (Wildman–Crippen LogP) is 1.67. The fourth-order valence-electron chi connectivity index (χ4n) is 2.37. The minimum atomic E-state index is -3.32. The van der Waals surface area contributed by atoms with E-state index in [1.165, 1.54) is 24.3 Å². The van der Waals surface area contributed by atoms with E-state index in [1.54, 1.807) is 0 Å². The summed E-state index contributed by atoms with van der Waals surface area (Å²) >= 11 is 0. The van der Waals surface area contributed by atoms with E-state index < -0.39 is 20.0 Å².